The first-order chi connectivity index (χ1) is 18.7. The number of nitrogens with one attached hydrogen (secondary N) is 2. The monoisotopic (exact) mass is 571 g/mol. The Morgan fingerprint density at radius 2 is 1.51 bits per heavy atom. The smallest absolute Gasteiger partial charge is 0.264 e. The summed E-state index contributed by atoms with van der Waals surface area (Å²) in [5.74, 6) is 0.693. The van der Waals surface area contributed by atoms with Gasteiger partial charge in [-0.05, 0) is 66.9 Å². The highest BCUT2D eigenvalue weighted by molar-refractivity contribution is 7.93. The quantitative estimate of drug-likeness (QED) is 0.382. The second kappa shape index (κ2) is 11.2. The van der Waals surface area contributed by atoms with Crippen LogP contribution in [0, 0.1) is 0 Å². The minimum Gasteiger partial charge on any atom is -0.454 e. The maximum absolute atomic E-state index is 13.7. The highest BCUT2D eigenvalue weighted by Crippen LogP contribution is 2.32. The van der Waals surface area contributed by atoms with E-state index in [1.54, 1.807) is 48.5 Å². The van der Waals surface area contributed by atoms with Crippen molar-refractivity contribution in [2.24, 2.45) is 0 Å². The van der Waals surface area contributed by atoms with E-state index < -0.39 is 32.5 Å². The molecular weight excluding hydrogens is 542 g/mol. The summed E-state index contributed by atoms with van der Waals surface area (Å²) in [6.07, 6.45) is 3.52. The van der Waals surface area contributed by atoms with Crippen molar-refractivity contribution in [1.29, 1.82) is 0 Å². The van der Waals surface area contributed by atoms with Crippen LogP contribution in [0.3, 0.4) is 0 Å². The zero-order valence-electron chi connectivity index (χ0n) is 21.1. The third kappa shape index (κ3) is 6.18. The van der Waals surface area contributed by atoms with Gasteiger partial charge in [0.2, 0.25) is 22.7 Å². The van der Waals surface area contributed by atoms with E-state index in [2.05, 4.69) is 10.0 Å². The standard InChI is InChI=1S/C27H29N3O7S2/c31-27(28-17-20-10-15-25-26(16-20)37-19-36-25)18-30(22-8-2-1-3-9-22)39(34,35)24-13-11-23(12-14-24)38(32,33)29-21-6-4-5-7-21/h1-3,8-16,21,29H,4-7,17-19H2,(H,28,31). The van der Waals surface area contributed by atoms with Gasteiger partial charge < -0.3 is 14.8 Å². The van der Waals surface area contributed by atoms with Gasteiger partial charge in [-0.1, -0.05) is 37.1 Å². The van der Waals surface area contributed by atoms with Crippen LogP contribution in [-0.2, 0) is 31.4 Å². The van der Waals surface area contributed by atoms with E-state index in [1.807, 2.05) is 0 Å². The number of amides is 1. The molecule has 0 saturated heterocycles. The Labute approximate surface area is 228 Å². The summed E-state index contributed by atoms with van der Waals surface area (Å²) in [6, 6.07) is 18.5. The van der Waals surface area contributed by atoms with Crippen LogP contribution in [0.2, 0.25) is 0 Å². The summed E-state index contributed by atoms with van der Waals surface area (Å²) in [4.78, 5) is 12.8. The zero-order chi connectivity index (χ0) is 27.5. The number of ether oxygens (including phenoxy) is 2. The number of benzene rings is 3. The number of nitrogens with zero attached hydrogens (tertiary/aromatic N) is 1. The number of sulfonamides is 2. The highest BCUT2D eigenvalue weighted by Gasteiger charge is 2.29. The van der Waals surface area contributed by atoms with E-state index in [0.29, 0.717) is 17.2 Å². The zero-order valence-corrected chi connectivity index (χ0v) is 22.7. The molecule has 2 N–H and O–H groups in total. The van der Waals surface area contributed by atoms with E-state index in [9.17, 15) is 21.6 Å². The molecule has 0 aromatic heterocycles. The van der Waals surface area contributed by atoms with Crippen LogP contribution in [0.1, 0.15) is 31.2 Å². The molecule has 0 atom stereocenters. The largest absolute Gasteiger partial charge is 0.454 e. The Kier molecular flexibility index (Phi) is 7.78. The molecule has 12 heteroatoms. The van der Waals surface area contributed by atoms with Crippen LogP contribution >= 0.6 is 0 Å². The Hall–Kier alpha value is -3.61. The number of fused-ring (bicyclic) bond motifs is 1. The van der Waals surface area contributed by atoms with E-state index in [4.69, 9.17) is 9.47 Å². The van der Waals surface area contributed by atoms with Crippen LogP contribution in [0.15, 0.2) is 82.6 Å². The van der Waals surface area contributed by atoms with E-state index in [-0.39, 0.29) is 29.2 Å². The molecule has 10 nitrogen and oxygen atoms in total. The van der Waals surface area contributed by atoms with Gasteiger partial charge in [0.05, 0.1) is 15.5 Å². The SMILES string of the molecule is O=C(CN(c1ccccc1)S(=O)(=O)c1ccc(S(=O)(=O)NC2CCCC2)cc1)NCc1ccc2c(c1)OCO2. The fourth-order valence-electron chi connectivity index (χ4n) is 4.60. The first kappa shape index (κ1) is 27.0. The Bertz CT molecular complexity index is 1540. The van der Waals surface area contributed by atoms with Crippen LogP contribution in [0.5, 0.6) is 11.5 Å². The first-order valence-electron chi connectivity index (χ1n) is 12.6. The lowest BCUT2D eigenvalue weighted by molar-refractivity contribution is -0.119. The van der Waals surface area contributed by atoms with Gasteiger partial charge in [-0.15, -0.1) is 0 Å². The number of para-hydroxylation sites is 1. The summed E-state index contributed by atoms with van der Waals surface area (Å²) < 4.78 is 67.2. The summed E-state index contributed by atoms with van der Waals surface area (Å²) in [7, 11) is -7.98. The molecule has 0 radical (unpaired) electrons. The molecule has 39 heavy (non-hydrogen) atoms. The van der Waals surface area contributed by atoms with Crippen LogP contribution in [0.4, 0.5) is 5.69 Å². The van der Waals surface area contributed by atoms with Crippen molar-refractivity contribution in [2.45, 2.75) is 48.1 Å². The van der Waals surface area contributed by atoms with Gasteiger partial charge in [-0.3, -0.25) is 9.10 Å². The van der Waals surface area contributed by atoms with Crippen molar-refractivity contribution >= 4 is 31.6 Å². The number of rotatable bonds is 10. The Balaban J connectivity index is 1.32. The number of hydrogen-bond acceptors (Lipinski definition) is 7. The number of carbonyl (C=O) groups excluding carboxylic acids is 1. The summed E-state index contributed by atoms with van der Waals surface area (Å²) >= 11 is 0. The molecule has 0 unspecified atom stereocenters. The second-order valence-electron chi connectivity index (χ2n) is 9.39. The first-order valence-corrected chi connectivity index (χ1v) is 15.5. The molecule has 1 fully saturated rings. The molecule has 0 spiro atoms. The molecule has 2 aliphatic rings. The topological polar surface area (TPSA) is 131 Å². The lowest BCUT2D eigenvalue weighted by Crippen LogP contribution is -2.40. The minimum atomic E-state index is -4.20. The number of carbonyl (C=O) groups is 1. The second-order valence-corrected chi connectivity index (χ2v) is 13.0. The van der Waals surface area contributed by atoms with Gasteiger partial charge in [0.25, 0.3) is 10.0 Å². The van der Waals surface area contributed by atoms with Gasteiger partial charge in [-0.25, -0.2) is 21.6 Å². The predicted molar refractivity (Wildman–Crippen MR) is 144 cm³/mol. The summed E-state index contributed by atoms with van der Waals surface area (Å²) in [5, 5.41) is 2.75. The Morgan fingerprint density at radius 1 is 0.846 bits per heavy atom. The average molecular weight is 572 g/mol. The molecule has 0 bridgehead atoms. The molecule has 1 aliphatic carbocycles. The molecule has 1 saturated carbocycles. The van der Waals surface area contributed by atoms with Crippen LogP contribution in [0.25, 0.3) is 0 Å². The highest BCUT2D eigenvalue weighted by atomic mass is 32.2. The van der Waals surface area contributed by atoms with Gasteiger partial charge in [0, 0.05) is 12.6 Å². The molecule has 3 aromatic rings. The average Bonchev–Trinajstić information content (AvgIpc) is 3.62. The number of hydrogen-bond donors (Lipinski definition) is 2. The van der Waals surface area contributed by atoms with Gasteiger partial charge >= 0.3 is 0 Å². The van der Waals surface area contributed by atoms with Crippen molar-refractivity contribution in [3.63, 3.8) is 0 Å². The molecular formula is C27H29N3O7S2. The van der Waals surface area contributed by atoms with Crippen molar-refractivity contribution in [1.82, 2.24) is 10.0 Å². The third-order valence-corrected chi connectivity index (χ3v) is 9.98. The van der Waals surface area contributed by atoms with E-state index >= 15 is 0 Å². The van der Waals surface area contributed by atoms with Crippen LogP contribution in [-0.4, -0.2) is 42.1 Å². The summed E-state index contributed by atoms with van der Waals surface area (Å²) in [5.41, 5.74) is 1.07. The van der Waals surface area contributed by atoms with Gasteiger partial charge in [0.1, 0.15) is 6.54 Å². The van der Waals surface area contributed by atoms with E-state index in [1.165, 1.54) is 24.3 Å². The van der Waals surface area contributed by atoms with Crippen molar-refractivity contribution < 1.29 is 31.1 Å². The molecule has 1 heterocycles. The molecule has 5 rings (SSSR count). The fraction of sp³-hybridized carbons (Fsp3) is 0.296. The molecule has 1 amide bonds. The van der Waals surface area contributed by atoms with Gasteiger partial charge in [-0.2, -0.15) is 0 Å². The van der Waals surface area contributed by atoms with Crippen LogP contribution < -0.4 is 23.8 Å². The lowest BCUT2D eigenvalue weighted by Gasteiger charge is -2.24. The minimum absolute atomic E-state index is 0.0129. The predicted octanol–water partition coefficient (Wildman–Crippen LogP) is 3.15. The Morgan fingerprint density at radius 3 is 2.23 bits per heavy atom. The molecule has 3 aromatic carbocycles. The number of anilines is 1. The maximum atomic E-state index is 13.7. The van der Waals surface area contributed by atoms with Crippen molar-refractivity contribution in [3.8, 4) is 11.5 Å². The van der Waals surface area contributed by atoms with Gasteiger partial charge in [0.15, 0.2) is 11.5 Å². The third-order valence-electron chi connectivity index (χ3n) is 6.66. The van der Waals surface area contributed by atoms with Crippen molar-refractivity contribution in [3.05, 3.63) is 78.4 Å². The van der Waals surface area contributed by atoms with E-state index in [0.717, 1.165) is 35.6 Å². The molecule has 206 valence electrons. The fourth-order valence-corrected chi connectivity index (χ4v) is 7.32. The normalized spacial score (nSPS) is 15.3. The maximum Gasteiger partial charge on any atom is 0.264 e. The summed E-state index contributed by atoms with van der Waals surface area (Å²) in [6.45, 7) is -0.169. The lowest BCUT2D eigenvalue weighted by atomic mass is 10.2. The van der Waals surface area contributed by atoms with Crippen molar-refractivity contribution in [2.75, 3.05) is 17.6 Å². The molecule has 1 aliphatic heterocycles.